The molecule has 0 amide bonds. The van der Waals surface area contributed by atoms with Crippen LogP contribution in [-0.4, -0.2) is 0 Å². The number of fused-ring (bicyclic) bond motifs is 1. The molecule has 0 unspecified atom stereocenters. The van der Waals surface area contributed by atoms with Crippen LogP contribution in [0.25, 0.3) is 16.7 Å². The van der Waals surface area contributed by atoms with Gasteiger partial charge in [0.1, 0.15) is 5.58 Å². The molecule has 18 heavy (non-hydrogen) atoms. The Hall–Kier alpha value is -2.55. The summed E-state index contributed by atoms with van der Waals surface area (Å²) in [4.78, 5) is 11.8. The highest BCUT2D eigenvalue weighted by molar-refractivity contribution is 5.89. The van der Waals surface area contributed by atoms with Crippen molar-refractivity contribution in [2.75, 3.05) is 0 Å². The first-order valence-corrected chi connectivity index (χ1v) is 5.67. The highest BCUT2D eigenvalue weighted by Crippen LogP contribution is 2.22. The summed E-state index contributed by atoms with van der Waals surface area (Å²) in [5, 5.41) is 3.76. The molecule has 2 aromatic rings. The first-order chi connectivity index (χ1) is 8.86. The molecule has 0 fully saturated rings. The molecule has 0 radical (unpaired) electrons. The second-order valence-corrected chi connectivity index (χ2v) is 3.94. The number of hydrogen-bond acceptors (Lipinski definition) is 3. The number of allylic oxidation sites excluding steroid dienone is 4. The van der Waals surface area contributed by atoms with Gasteiger partial charge < -0.3 is 9.73 Å². The van der Waals surface area contributed by atoms with Crippen molar-refractivity contribution in [3.05, 3.63) is 76.8 Å². The molecule has 0 aliphatic carbocycles. The lowest BCUT2D eigenvalue weighted by Crippen LogP contribution is -2.05. The van der Waals surface area contributed by atoms with Crippen LogP contribution in [-0.2, 0) is 0 Å². The number of nitrogens with one attached hydrogen (secondary N) is 1. The van der Waals surface area contributed by atoms with E-state index in [1.165, 1.54) is 12.3 Å². The Morgan fingerprint density at radius 3 is 2.94 bits per heavy atom. The van der Waals surface area contributed by atoms with Crippen molar-refractivity contribution >= 4 is 16.7 Å². The maximum absolute atomic E-state index is 11.8. The second kappa shape index (κ2) is 4.37. The molecule has 0 saturated heterocycles. The number of rotatable bonds is 1. The molecule has 3 heteroatoms. The Labute approximate surface area is 104 Å². The molecular formula is C15H11NO2. The van der Waals surface area contributed by atoms with Crippen molar-refractivity contribution in [3.8, 4) is 0 Å². The Balaban J connectivity index is 2.27. The van der Waals surface area contributed by atoms with Gasteiger partial charge in [0.2, 0.25) is 0 Å². The van der Waals surface area contributed by atoms with Gasteiger partial charge in [-0.2, -0.15) is 0 Å². The van der Waals surface area contributed by atoms with E-state index in [1.807, 2.05) is 42.6 Å². The van der Waals surface area contributed by atoms with Crippen LogP contribution < -0.4 is 10.7 Å². The minimum Gasteiger partial charge on any atom is -0.463 e. The predicted octanol–water partition coefficient (Wildman–Crippen LogP) is 2.81. The summed E-state index contributed by atoms with van der Waals surface area (Å²) in [6, 6.07) is 6.99. The molecule has 1 aliphatic rings. The van der Waals surface area contributed by atoms with Crippen LogP contribution in [0.4, 0.5) is 0 Å². The van der Waals surface area contributed by atoms with Crippen LogP contribution >= 0.6 is 0 Å². The Kier molecular flexibility index (Phi) is 2.57. The van der Waals surface area contributed by atoms with Gasteiger partial charge in [0.15, 0.2) is 5.43 Å². The van der Waals surface area contributed by atoms with Crippen molar-refractivity contribution in [2.45, 2.75) is 0 Å². The van der Waals surface area contributed by atoms with E-state index in [0.717, 1.165) is 11.3 Å². The van der Waals surface area contributed by atoms with E-state index in [4.69, 9.17) is 4.42 Å². The lowest BCUT2D eigenvalue weighted by molar-refractivity contribution is 0.601. The summed E-state index contributed by atoms with van der Waals surface area (Å²) in [5.74, 6) is 0. The molecule has 88 valence electrons. The minimum absolute atomic E-state index is 0.0293. The standard InChI is InChI=1S/C15H11NO2/c17-14-8-10-18-15-11(5-4-6-12(14)15)13-7-2-1-3-9-16-13/h1-10,16H. The van der Waals surface area contributed by atoms with Gasteiger partial charge in [0.05, 0.1) is 11.6 Å². The fraction of sp³-hybridized carbons (Fsp3) is 0. The fourth-order valence-electron chi connectivity index (χ4n) is 1.95. The number of para-hydroxylation sites is 1. The van der Waals surface area contributed by atoms with E-state index >= 15 is 0 Å². The number of hydrogen-bond donors (Lipinski definition) is 1. The predicted molar refractivity (Wildman–Crippen MR) is 71.9 cm³/mol. The molecule has 1 N–H and O–H groups in total. The van der Waals surface area contributed by atoms with E-state index in [9.17, 15) is 4.79 Å². The Morgan fingerprint density at radius 1 is 1.06 bits per heavy atom. The highest BCUT2D eigenvalue weighted by atomic mass is 16.3. The van der Waals surface area contributed by atoms with E-state index < -0.39 is 0 Å². The fourth-order valence-corrected chi connectivity index (χ4v) is 1.95. The normalized spacial score (nSPS) is 14.1. The lowest BCUT2D eigenvalue weighted by atomic mass is 10.1. The summed E-state index contributed by atoms with van der Waals surface area (Å²) in [5.41, 5.74) is 2.35. The van der Waals surface area contributed by atoms with Crippen LogP contribution in [0, 0.1) is 0 Å². The van der Waals surface area contributed by atoms with E-state index in [0.29, 0.717) is 11.0 Å². The largest absolute Gasteiger partial charge is 0.463 e. The lowest BCUT2D eigenvalue weighted by Gasteiger charge is -2.08. The average Bonchev–Trinajstić information content (AvgIpc) is 2.67. The highest BCUT2D eigenvalue weighted by Gasteiger charge is 2.09. The third-order valence-corrected chi connectivity index (χ3v) is 2.80. The van der Waals surface area contributed by atoms with Gasteiger partial charge in [-0.3, -0.25) is 4.79 Å². The average molecular weight is 237 g/mol. The van der Waals surface area contributed by atoms with E-state index in [-0.39, 0.29) is 5.43 Å². The first kappa shape index (κ1) is 10.6. The summed E-state index contributed by atoms with van der Waals surface area (Å²) < 4.78 is 5.49. The van der Waals surface area contributed by atoms with Crippen LogP contribution in [0.15, 0.2) is 70.2 Å². The zero-order valence-electron chi connectivity index (χ0n) is 9.59. The van der Waals surface area contributed by atoms with Crippen LogP contribution in [0.2, 0.25) is 0 Å². The third kappa shape index (κ3) is 1.76. The summed E-state index contributed by atoms with van der Waals surface area (Å²) in [7, 11) is 0. The van der Waals surface area contributed by atoms with E-state index in [2.05, 4.69) is 5.32 Å². The minimum atomic E-state index is -0.0293. The molecule has 1 aliphatic heterocycles. The SMILES string of the molecule is O=c1ccoc2c(C3=CC=CC=CN3)cccc12. The molecular weight excluding hydrogens is 226 g/mol. The van der Waals surface area contributed by atoms with Gasteiger partial charge in [-0.1, -0.05) is 18.2 Å². The quantitative estimate of drug-likeness (QED) is 0.829. The van der Waals surface area contributed by atoms with Crippen LogP contribution in [0.1, 0.15) is 5.56 Å². The van der Waals surface area contributed by atoms with Crippen LogP contribution in [0.5, 0.6) is 0 Å². The third-order valence-electron chi connectivity index (χ3n) is 2.80. The van der Waals surface area contributed by atoms with Gasteiger partial charge in [0, 0.05) is 23.5 Å². The summed E-state index contributed by atoms with van der Waals surface area (Å²) >= 11 is 0. The van der Waals surface area contributed by atoms with Crippen molar-refractivity contribution in [1.82, 2.24) is 5.32 Å². The monoisotopic (exact) mass is 237 g/mol. The maximum Gasteiger partial charge on any atom is 0.192 e. The molecule has 3 nitrogen and oxygen atoms in total. The molecule has 0 saturated carbocycles. The molecule has 1 aromatic heterocycles. The van der Waals surface area contributed by atoms with Gasteiger partial charge >= 0.3 is 0 Å². The number of benzene rings is 1. The second-order valence-electron chi connectivity index (χ2n) is 3.94. The summed E-state index contributed by atoms with van der Waals surface area (Å²) in [6.07, 6.45) is 11.0. The molecule has 0 spiro atoms. The first-order valence-electron chi connectivity index (χ1n) is 5.67. The Bertz CT molecular complexity index is 735. The molecule has 1 aromatic carbocycles. The van der Waals surface area contributed by atoms with Crippen LogP contribution in [0.3, 0.4) is 0 Å². The van der Waals surface area contributed by atoms with Gasteiger partial charge in [0.25, 0.3) is 0 Å². The maximum atomic E-state index is 11.8. The van der Waals surface area contributed by atoms with Crippen molar-refractivity contribution in [1.29, 1.82) is 0 Å². The smallest absolute Gasteiger partial charge is 0.192 e. The Morgan fingerprint density at radius 2 is 2.00 bits per heavy atom. The zero-order valence-corrected chi connectivity index (χ0v) is 9.59. The molecule has 0 bridgehead atoms. The van der Waals surface area contributed by atoms with Gasteiger partial charge in [-0.05, 0) is 24.3 Å². The molecule has 3 rings (SSSR count). The van der Waals surface area contributed by atoms with Gasteiger partial charge in [-0.25, -0.2) is 0 Å². The summed E-state index contributed by atoms with van der Waals surface area (Å²) in [6.45, 7) is 0. The molecule has 2 heterocycles. The van der Waals surface area contributed by atoms with Crippen molar-refractivity contribution < 1.29 is 4.42 Å². The van der Waals surface area contributed by atoms with Gasteiger partial charge in [-0.15, -0.1) is 0 Å². The zero-order chi connectivity index (χ0) is 12.4. The van der Waals surface area contributed by atoms with E-state index in [1.54, 1.807) is 6.07 Å². The van der Waals surface area contributed by atoms with Crippen molar-refractivity contribution in [3.63, 3.8) is 0 Å². The topological polar surface area (TPSA) is 42.2 Å². The van der Waals surface area contributed by atoms with Crippen molar-refractivity contribution in [2.24, 2.45) is 0 Å². The molecule has 0 atom stereocenters.